The van der Waals surface area contributed by atoms with Gasteiger partial charge in [-0.25, -0.2) is 13.2 Å². The Hall–Kier alpha value is -1.84. The molecule has 2 amide bonds. The van der Waals surface area contributed by atoms with E-state index in [-0.39, 0.29) is 29.8 Å². The molecule has 1 fully saturated rings. The third-order valence-corrected chi connectivity index (χ3v) is 5.00. The molecule has 1 saturated heterocycles. The summed E-state index contributed by atoms with van der Waals surface area (Å²) in [6.45, 7) is 6.71. The number of anilines is 1. The molecule has 1 aromatic carbocycles. The summed E-state index contributed by atoms with van der Waals surface area (Å²) in [6, 6.07) is 1.21. The number of carbonyl (C=O) groups is 2. The number of nitrogens with one attached hydrogen (secondary N) is 2. The maximum atomic E-state index is 13.6. The van der Waals surface area contributed by atoms with Crippen molar-refractivity contribution in [2.75, 3.05) is 25.0 Å². The quantitative estimate of drug-likeness (QED) is 0.634. The SMILES string of the molecule is CC(C(=O)NCC(=O)Nc1ccc(F)c(F)c1F)N1CCC(N)C(C)(C)C1.Cl. The number of piperidine rings is 1. The van der Waals surface area contributed by atoms with Crippen molar-refractivity contribution in [2.24, 2.45) is 11.1 Å². The van der Waals surface area contributed by atoms with E-state index in [2.05, 4.69) is 10.6 Å². The summed E-state index contributed by atoms with van der Waals surface area (Å²) in [5.74, 6) is -5.62. The molecular weight excluding hydrogens is 397 g/mol. The first-order valence-corrected chi connectivity index (χ1v) is 8.73. The van der Waals surface area contributed by atoms with Gasteiger partial charge in [-0.05, 0) is 30.9 Å². The van der Waals surface area contributed by atoms with E-state index in [1.807, 2.05) is 18.7 Å². The molecule has 0 aliphatic carbocycles. The smallest absolute Gasteiger partial charge is 0.243 e. The molecule has 1 heterocycles. The number of amides is 2. The first kappa shape index (κ1) is 24.2. The zero-order valence-electron chi connectivity index (χ0n) is 16.0. The Labute approximate surface area is 168 Å². The van der Waals surface area contributed by atoms with Crippen LogP contribution in [0.25, 0.3) is 0 Å². The van der Waals surface area contributed by atoms with Crippen molar-refractivity contribution in [1.29, 1.82) is 0 Å². The van der Waals surface area contributed by atoms with Crippen LogP contribution in [0.3, 0.4) is 0 Å². The van der Waals surface area contributed by atoms with Crippen LogP contribution >= 0.6 is 12.4 Å². The molecule has 28 heavy (non-hydrogen) atoms. The van der Waals surface area contributed by atoms with Crippen molar-refractivity contribution < 1.29 is 22.8 Å². The Kier molecular flexibility index (Phi) is 8.28. The van der Waals surface area contributed by atoms with E-state index in [1.165, 1.54) is 0 Å². The van der Waals surface area contributed by atoms with Crippen LogP contribution in [0.2, 0.25) is 0 Å². The van der Waals surface area contributed by atoms with E-state index < -0.39 is 41.6 Å². The molecule has 4 N–H and O–H groups in total. The Balaban J connectivity index is 0.00000392. The fourth-order valence-electron chi connectivity index (χ4n) is 3.04. The lowest BCUT2D eigenvalue weighted by atomic mass is 9.79. The van der Waals surface area contributed by atoms with Gasteiger partial charge in [-0.15, -0.1) is 12.4 Å². The van der Waals surface area contributed by atoms with Crippen molar-refractivity contribution in [3.63, 3.8) is 0 Å². The summed E-state index contributed by atoms with van der Waals surface area (Å²) >= 11 is 0. The van der Waals surface area contributed by atoms with Gasteiger partial charge in [0.15, 0.2) is 17.5 Å². The number of benzene rings is 1. The second kappa shape index (κ2) is 9.58. The van der Waals surface area contributed by atoms with Crippen LogP contribution in [-0.2, 0) is 9.59 Å². The third-order valence-electron chi connectivity index (χ3n) is 5.00. The van der Waals surface area contributed by atoms with Crippen LogP contribution in [0.4, 0.5) is 18.9 Å². The molecule has 0 saturated carbocycles. The number of carbonyl (C=O) groups excluding carboxylic acids is 2. The summed E-state index contributed by atoms with van der Waals surface area (Å²) in [5, 5.41) is 4.58. The topological polar surface area (TPSA) is 87.5 Å². The van der Waals surface area contributed by atoms with Crippen LogP contribution in [0.15, 0.2) is 12.1 Å². The van der Waals surface area contributed by atoms with Gasteiger partial charge in [-0.1, -0.05) is 13.8 Å². The van der Waals surface area contributed by atoms with Crippen molar-refractivity contribution >= 4 is 29.9 Å². The van der Waals surface area contributed by atoms with E-state index in [9.17, 15) is 22.8 Å². The van der Waals surface area contributed by atoms with Crippen molar-refractivity contribution in [3.8, 4) is 0 Å². The molecule has 10 heteroatoms. The van der Waals surface area contributed by atoms with Crippen molar-refractivity contribution in [1.82, 2.24) is 10.2 Å². The number of hydrogen-bond donors (Lipinski definition) is 3. The summed E-state index contributed by atoms with van der Waals surface area (Å²) in [4.78, 5) is 26.2. The standard InChI is InChI=1S/C18H25F3N4O2.ClH/c1-10(25-7-6-13(22)18(2,3)9-25)17(27)23-8-14(26)24-12-5-4-11(19)15(20)16(12)21;/h4-5,10,13H,6-9,22H2,1-3H3,(H,23,27)(H,24,26);1H. The molecule has 0 aromatic heterocycles. The monoisotopic (exact) mass is 422 g/mol. The molecule has 2 rings (SSSR count). The molecule has 2 atom stereocenters. The van der Waals surface area contributed by atoms with E-state index >= 15 is 0 Å². The van der Waals surface area contributed by atoms with Crippen LogP contribution < -0.4 is 16.4 Å². The zero-order chi connectivity index (χ0) is 20.4. The van der Waals surface area contributed by atoms with Crippen molar-refractivity contribution in [2.45, 2.75) is 39.3 Å². The van der Waals surface area contributed by atoms with Gasteiger partial charge in [0, 0.05) is 19.1 Å². The fourth-order valence-corrected chi connectivity index (χ4v) is 3.04. The summed E-state index contributed by atoms with van der Waals surface area (Å²) in [5.41, 5.74) is 5.47. The van der Waals surface area contributed by atoms with Gasteiger partial charge in [-0.3, -0.25) is 14.5 Å². The molecule has 0 bridgehead atoms. The van der Waals surface area contributed by atoms with E-state index in [0.717, 1.165) is 12.5 Å². The lowest BCUT2D eigenvalue weighted by Gasteiger charge is -2.44. The average Bonchev–Trinajstić information content (AvgIpc) is 2.61. The number of rotatable bonds is 5. The third kappa shape index (κ3) is 5.59. The molecule has 1 aromatic rings. The molecule has 158 valence electrons. The number of hydrogen-bond acceptors (Lipinski definition) is 4. The summed E-state index contributed by atoms with van der Waals surface area (Å²) < 4.78 is 39.6. The number of likely N-dealkylation sites (tertiary alicyclic amines) is 1. The Bertz CT molecular complexity index is 733. The van der Waals surface area contributed by atoms with Gasteiger partial charge in [-0.2, -0.15) is 0 Å². The minimum Gasteiger partial charge on any atom is -0.346 e. The van der Waals surface area contributed by atoms with E-state index in [0.29, 0.717) is 19.2 Å². The Morgan fingerprint density at radius 2 is 1.93 bits per heavy atom. The fraction of sp³-hybridized carbons (Fsp3) is 0.556. The predicted octanol–water partition coefficient (Wildman–Crippen LogP) is 2.03. The van der Waals surface area contributed by atoms with Crippen LogP contribution in [-0.4, -0.2) is 48.4 Å². The second-order valence-corrected chi connectivity index (χ2v) is 7.52. The van der Waals surface area contributed by atoms with Gasteiger partial charge < -0.3 is 16.4 Å². The maximum absolute atomic E-state index is 13.6. The molecule has 0 spiro atoms. The highest BCUT2D eigenvalue weighted by Crippen LogP contribution is 2.28. The highest BCUT2D eigenvalue weighted by molar-refractivity contribution is 5.95. The minimum absolute atomic E-state index is 0. The lowest BCUT2D eigenvalue weighted by Crippen LogP contribution is -2.57. The molecule has 6 nitrogen and oxygen atoms in total. The minimum atomic E-state index is -1.67. The molecular formula is C18H26ClF3N4O2. The second-order valence-electron chi connectivity index (χ2n) is 7.52. The van der Waals surface area contributed by atoms with E-state index in [1.54, 1.807) is 6.92 Å². The lowest BCUT2D eigenvalue weighted by molar-refractivity contribution is -0.129. The van der Waals surface area contributed by atoms with Crippen LogP contribution in [0, 0.1) is 22.9 Å². The maximum Gasteiger partial charge on any atom is 0.243 e. The number of halogens is 4. The van der Waals surface area contributed by atoms with Crippen LogP contribution in [0.5, 0.6) is 0 Å². The Morgan fingerprint density at radius 1 is 1.29 bits per heavy atom. The van der Waals surface area contributed by atoms with Gasteiger partial charge in [0.1, 0.15) is 0 Å². The first-order chi connectivity index (χ1) is 12.5. The molecule has 2 unspecified atom stereocenters. The largest absolute Gasteiger partial charge is 0.346 e. The summed E-state index contributed by atoms with van der Waals surface area (Å²) in [7, 11) is 0. The van der Waals surface area contributed by atoms with Gasteiger partial charge >= 0.3 is 0 Å². The molecule has 0 radical (unpaired) electrons. The van der Waals surface area contributed by atoms with Gasteiger partial charge in [0.2, 0.25) is 11.8 Å². The summed E-state index contributed by atoms with van der Waals surface area (Å²) in [6.07, 6.45) is 0.764. The number of nitrogens with two attached hydrogens (primary N) is 1. The van der Waals surface area contributed by atoms with Gasteiger partial charge in [0.25, 0.3) is 0 Å². The van der Waals surface area contributed by atoms with E-state index in [4.69, 9.17) is 5.73 Å². The van der Waals surface area contributed by atoms with Gasteiger partial charge in [0.05, 0.1) is 18.3 Å². The predicted molar refractivity (Wildman–Crippen MR) is 103 cm³/mol. The zero-order valence-corrected chi connectivity index (χ0v) is 16.8. The van der Waals surface area contributed by atoms with Crippen LogP contribution in [0.1, 0.15) is 27.2 Å². The molecule has 1 aliphatic rings. The van der Waals surface area contributed by atoms with Crippen molar-refractivity contribution in [3.05, 3.63) is 29.6 Å². The first-order valence-electron chi connectivity index (χ1n) is 8.73. The average molecular weight is 423 g/mol. The normalized spacial score (nSPS) is 20.0. The number of nitrogens with zero attached hydrogens (tertiary/aromatic N) is 1. The Morgan fingerprint density at radius 3 is 2.54 bits per heavy atom. The highest BCUT2D eigenvalue weighted by atomic mass is 35.5. The highest BCUT2D eigenvalue weighted by Gasteiger charge is 2.36. The molecule has 1 aliphatic heterocycles.